The van der Waals surface area contributed by atoms with E-state index in [0.717, 1.165) is 33.4 Å². The van der Waals surface area contributed by atoms with Gasteiger partial charge in [0.25, 0.3) is 0 Å². The molecule has 4 nitrogen and oxygen atoms in total. The average Bonchev–Trinajstić information content (AvgIpc) is 3.44. The summed E-state index contributed by atoms with van der Waals surface area (Å²) in [6.07, 6.45) is 4.19. The molecule has 8 bridgehead atoms. The minimum atomic E-state index is -1.94. The van der Waals surface area contributed by atoms with E-state index in [1.165, 1.54) is 31.5 Å². The number of furan rings is 2. The van der Waals surface area contributed by atoms with Gasteiger partial charge in [-0.05, 0) is 34.6 Å². The van der Waals surface area contributed by atoms with Crippen LogP contribution in [0.1, 0.15) is 0 Å². The molecule has 0 saturated carbocycles. The highest BCUT2D eigenvalue weighted by Gasteiger charge is 2.46. The smallest absolute Gasteiger partial charge is 0.227 e. The van der Waals surface area contributed by atoms with Gasteiger partial charge in [-0.3, -0.25) is 0 Å². The van der Waals surface area contributed by atoms with E-state index in [2.05, 4.69) is 113 Å². The molecule has 0 unspecified atom stereocenters. The summed E-state index contributed by atoms with van der Waals surface area (Å²) in [5.41, 5.74) is 3.38. The number of nitrogens with zero attached hydrogens (tertiary/aromatic N) is 2. The molecule has 8 heteroatoms. The molecular formula is C30H34N2O2Si4. The van der Waals surface area contributed by atoms with E-state index in [0.29, 0.717) is 0 Å². The van der Waals surface area contributed by atoms with Crippen LogP contribution in [0.25, 0.3) is 44.1 Å². The van der Waals surface area contributed by atoms with Crippen LogP contribution in [-0.2, 0) is 0 Å². The Morgan fingerprint density at radius 1 is 0.447 bits per heavy atom. The molecule has 4 aromatic heterocycles. The van der Waals surface area contributed by atoms with Gasteiger partial charge in [-0.2, -0.15) is 0 Å². The first-order valence-electron chi connectivity index (χ1n) is 13.5. The van der Waals surface area contributed by atoms with Gasteiger partial charge < -0.3 is 8.83 Å². The van der Waals surface area contributed by atoms with Crippen molar-refractivity contribution in [2.24, 2.45) is 0 Å². The Kier molecular flexibility index (Phi) is 4.75. The molecule has 5 heterocycles. The maximum Gasteiger partial charge on any atom is 0.227 e. The van der Waals surface area contributed by atoms with Gasteiger partial charge >= 0.3 is 0 Å². The fourth-order valence-corrected chi connectivity index (χ4v) is 23.3. The van der Waals surface area contributed by atoms with Gasteiger partial charge in [0, 0.05) is 33.9 Å². The molecule has 0 amide bonds. The Morgan fingerprint density at radius 3 is 1.18 bits per heavy atom. The van der Waals surface area contributed by atoms with Crippen LogP contribution in [0, 0.1) is 0 Å². The second-order valence-electron chi connectivity index (χ2n) is 13.3. The van der Waals surface area contributed by atoms with Crippen LogP contribution in [-0.4, -0.2) is 40.3 Å². The molecule has 0 saturated heterocycles. The van der Waals surface area contributed by atoms with Gasteiger partial charge in [0.05, 0.1) is 30.4 Å². The lowest BCUT2D eigenvalue weighted by atomic mass is 10.2. The van der Waals surface area contributed by atoms with Crippen molar-refractivity contribution in [3.05, 3.63) is 60.9 Å². The Labute approximate surface area is 226 Å². The second kappa shape index (κ2) is 7.44. The van der Waals surface area contributed by atoms with Crippen molar-refractivity contribution in [1.82, 2.24) is 9.97 Å². The van der Waals surface area contributed by atoms with Gasteiger partial charge in [-0.15, -0.1) is 0 Å². The average molecular weight is 567 g/mol. The topological polar surface area (TPSA) is 52.1 Å². The van der Waals surface area contributed by atoms with Crippen molar-refractivity contribution in [3.63, 3.8) is 0 Å². The first-order chi connectivity index (χ1) is 17.8. The molecule has 7 rings (SSSR count). The van der Waals surface area contributed by atoms with Crippen molar-refractivity contribution in [1.29, 1.82) is 0 Å². The number of hydrogen-bond donors (Lipinski definition) is 0. The van der Waals surface area contributed by atoms with Crippen LogP contribution < -0.4 is 20.7 Å². The SMILES string of the molecule is C[Si]1(C)c2ccc3oc4ncc(cc4c3c2)[Si](C)(C)[Si](C)(C)c2cnc3oc4ccc(cc4c3c2)[Si]1(C)C. The van der Waals surface area contributed by atoms with Crippen molar-refractivity contribution in [2.75, 3.05) is 0 Å². The molecule has 0 aliphatic carbocycles. The van der Waals surface area contributed by atoms with E-state index in [4.69, 9.17) is 18.8 Å². The highest BCUT2D eigenvalue weighted by Crippen LogP contribution is 2.32. The number of pyridine rings is 2. The summed E-state index contributed by atoms with van der Waals surface area (Å²) in [4.78, 5) is 9.79. The lowest BCUT2D eigenvalue weighted by Crippen LogP contribution is -2.69. The van der Waals surface area contributed by atoms with Crippen molar-refractivity contribution >= 4 is 95.3 Å². The molecule has 38 heavy (non-hydrogen) atoms. The minimum Gasteiger partial charge on any atom is -0.438 e. The van der Waals surface area contributed by atoms with Crippen LogP contribution in [0.15, 0.2) is 69.8 Å². The fraction of sp³-hybridized carbons (Fsp3) is 0.267. The van der Waals surface area contributed by atoms with Crippen molar-refractivity contribution < 1.29 is 8.83 Å². The predicted molar refractivity (Wildman–Crippen MR) is 171 cm³/mol. The molecule has 0 fully saturated rings. The van der Waals surface area contributed by atoms with Crippen LogP contribution in [0.4, 0.5) is 0 Å². The normalized spacial score (nSPS) is 19.4. The summed E-state index contributed by atoms with van der Waals surface area (Å²) in [7, 11) is -7.64. The molecule has 2 aromatic carbocycles. The molecule has 192 valence electrons. The Hall–Kier alpha value is -2.79. The molecule has 1 aliphatic rings. The molecule has 6 aromatic rings. The second-order valence-corrected chi connectivity index (χ2v) is 43.6. The molecular weight excluding hydrogens is 533 g/mol. The van der Waals surface area contributed by atoms with Crippen molar-refractivity contribution in [2.45, 2.75) is 52.4 Å². The lowest BCUT2D eigenvalue weighted by molar-refractivity contribution is 0.654. The Morgan fingerprint density at radius 2 is 0.789 bits per heavy atom. The van der Waals surface area contributed by atoms with Gasteiger partial charge in [0.15, 0.2) is 0 Å². The number of benzene rings is 2. The zero-order valence-corrected chi connectivity index (χ0v) is 27.5. The number of hydrogen-bond acceptors (Lipinski definition) is 4. The summed E-state index contributed by atoms with van der Waals surface area (Å²) >= 11 is 0. The van der Waals surface area contributed by atoms with E-state index in [1.54, 1.807) is 0 Å². The van der Waals surface area contributed by atoms with Crippen LogP contribution in [0.2, 0.25) is 52.4 Å². The number of fused-ring (bicyclic) bond motifs is 4. The zero-order valence-electron chi connectivity index (χ0n) is 23.5. The minimum absolute atomic E-state index is 0.749. The summed E-state index contributed by atoms with van der Waals surface area (Å²) in [5, 5.41) is 10.5. The maximum atomic E-state index is 6.27. The van der Waals surface area contributed by atoms with Crippen molar-refractivity contribution in [3.8, 4) is 0 Å². The molecule has 0 radical (unpaired) electrons. The van der Waals surface area contributed by atoms with E-state index < -0.39 is 30.4 Å². The van der Waals surface area contributed by atoms with Gasteiger partial charge in [0.1, 0.15) is 11.2 Å². The van der Waals surface area contributed by atoms with Gasteiger partial charge in [0.2, 0.25) is 11.4 Å². The van der Waals surface area contributed by atoms with E-state index in [1.807, 2.05) is 0 Å². The summed E-state index contributed by atoms with van der Waals surface area (Å²) in [5.74, 6) is 0. The van der Waals surface area contributed by atoms with Crippen LogP contribution in [0.3, 0.4) is 0 Å². The first-order valence-corrected chi connectivity index (χ1v) is 27.5. The predicted octanol–water partition coefficient (Wildman–Crippen LogP) is 5.81. The third-order valence-electron chi connectivity index (χ3n) is 10.7. The summed E-state index contributed by atoms with van der Waals surface area (Å²) in [6, 6.07) is 18.7. The molecule has 0 spiro atoms. The number of aromatic nitrogens is 2. The largest absolute Gasteiger partial charge is 0.438 e. The molecule has 1 aliphatic heterocycles. The summed E-state index contributed by atoms with van der Waals surface area (Å²) < 4.78 is 12.5. The fourth-order valence-electron chi connectivity index (χ4n) is 6.22. The third kappa shape index (κ3) is 3.00. The monoisotopic (exact) mass is 566 g/mol. The molecule has 0 atom stereocenters. The van der Waals surface area contributed by atoms with Crippen LogP contribution >= 0.6 is 0 Å². The standard InChI is InChI=1S/C30H34N2O2Si4/c1-35(2)19-9-11-27-23(13-19)25-15-21(17-31-29(25)33-27)37(5,6)38(7,8)22-16-26-24-14-20(36(35,3)4)10-12-28(24)34-30(26)32-18-22/h9-18H,1-8H3. The third-order valence-corrected chi connectivity index (χ3v) is 46.1. The molecule has 0 N–H and O–H groups in total. The first kappa shape index (κ1) is 24.3. The van der Waals surface area contributed by atoms with E-state index >= 15 is 0 Å². The van der Waals surface area contributed by atoms with Crippen LogP contribution in [0.5, 0.6) is 0 Å². The highest BCUT2D eigenvalue weighted by atomic mass is 29.3. The zero-order chi connectivity index (χ0) is 26.8. The van der Waals surface area contributed by atoms with Gasteiger partial charge in [-0.25, -0.2) is 9.97 Å². The Balaban J connectivity index is 1.63. The maximum absolute atomic E-state index is 6.27. The number of rotatable bonds is 0. The van der Waals surface area contributed by atoms with E-state index in [-0.39, 0.29) is 0 Å². The summed E-state index contributed by atoms with van der Waals surface area (Å²) in [6.45, 7) is 20.3. The van der Waals surface area contributed by atoms with Gasteiger partial charge in [-0.1, -0.05) is 87.0 Å². The highest BCUT2D eigenvalue weighted by molar-refractivity contribution is 7.50. The lowest BCUT2D eigenvalue weighted by Gasteiger charge is -2.39. The quantitative estimate of drug-likeness (QED) is 0.218. The van der Waals surface area contributed by atoms with E-state index in [9.17, 15) is 0 Å². The Bertz CT molecular complexity index is 1670.